The van der Waals surface area contributed by atoms with Crippen LogP contribution < -0.4 is 34.9 Å². The molecule has 0 heterocycles. The third-order valence-corrected chi connectivity index (χ3v) is 2.30. The van der Waals surface area contributed by atoms with E-state index in [1.54, 1.807) is 6.92 Å². The van der Waals surface area contributed by atoms with E-state index in [9.17, 15) is 13.2 Å². The van der Waals surface area contributed by atoms with E-state index in [-0.39, 0.29) is 55.1 Å². The molecule has 0 rings (SSSR count). The molecule has 0 radical (unpaired) electrons. The zero-order valence-corrected chi connectivity index (χ0v) is 11.2. The van der Waals surface area contributed by atoms with Gasteiger partial charge in [0.15, 0.2) is 0 Å². The Hall–Kier alpha value is 0.120. The van der Waals surface area contributed by atoms with E-state index in [2.05, 4.69) is 11.9 Å². The summed E-state index contributed by atoms with van der Waals surface area (Å²) in [7, 11) is -3.96. The minimum absolute atomic E-state index is 0. The second kappa shape index (κ2) is 7.42. The Labute approximate surface area is 107 Å². The van der Waals surface area contributed by atoms with Gasteiger partial charge in [-0.3, -0.25) is 9.35 Å². The summed E-state index contributed by atoms with van der Waals surface area (Å²) in [6, 6.07) is 0. The molecule has 2 N–H and O–H groups in total. The van der Waals surface area contributed by atoms with E-state index in [0.717, 1.165) is 6.08 Å². The predicted molar refractivity (Wildman–Crippen MR) is 49.9 cm³/mol. The van der Waals surface area contributed by atoms with Crippen LogP contribution in [0.3, 0.4) is 0 Å². The summed E-state index contributed by atoms with van der Waals surface area (Å²) in [5.74, 6) is -1.04. The van der Waals surface area contributed by atoms with Crippen LogP contribution in [-0.4, -0.2) is 31.2 Å². The van der Waals surface area contributed by atoms with E-state index in [1.165, 1.54) is 0 Å². The summed E-state index contributed by atoms with van der Waals surface area (Å²) < 4.78 is 29.2. The molecule has 1 amide bonds. The van der Waals surface area contributed by atoms with E-state index in [4.69, 9.17) is 4.55 Å². The fraction of sp³-hybridized carbons (Fsp3) is 0.571. The van der Waals surface area contributed by atoms with Gasteiger partial charge in [0.2, 0.25) is 5.91 Å². The van der Waals surface area contributed by atoms with Gasteiger partial charge in [0, 0.05) is 6.54 Å². The largest absolute Gasteiger partial charge is 1.00 e. The summed E-state index contributed by atoms with van der Waals surface area (Å²) in [5, 5.41) is 2.42. The molecule has 0 aliphatic carbocycles. The Kier molecular flexibility index (Phi) is 8.77. The van der Waals surface area contributed by atoms with Crippen molar-refractivity contribution in [1.29, 1.82) is 0 Å². The van der Waals surface area contributed by atoms with Gasteiger partial charge in [0.25, 0.3) is 10.1 Å². The van der Waals surface area contributed by atoms with E-state index < -0.39 is 10.1 Å². The second-order valence-electron chi connectivity index (χ2n) is 2.80. The SMILES string of the molecule is C=CC(=O)NCC(C)CS(=O)(=O)O.[H-].[Na+]. The Balaban J connectivity index is -0.000000720. The van der Waals surface area contributed by atoms with Crippen LogP contribution in [0.4, 0.5) is 0 Å². The molecule has 0 spiro atoms. The molecule has 0 bridgehead atoms. The Morgan fingerprint density at radius 2 is 2.21 bits per heavy atom. The van der Waals surface area contributed by atoms with Crippen LogP contribution in [-0.2, 0) is 14.9 Å². The minimum Gasteiger partial charge on any atom is -1.00 e. The number of hydrogen-bond donors (Lipinski definition) is 2. The van der Waals surface area contributed by atoms with Gasteiger partial charge < -0.3 is 6.74 Å². The topological polar surface area (TPSA) is 83.5 Å². The van der Waals surface area contributed by atoms with Crippen LogP contribution >= 0.6 is 0 Å². The molecule has 0 fully saturated rings. The first-order valence-electron chi connectivity index (χ1n) is 3.70. The summed E-state index contributed by atoms with van der Waals surface area (Å²) in [4.78, 5) is 10.6. The molecule has 1 unspecified atom stereocenters. The molecular weight excluding hydrogens is 217 g/mol. The number of nitrogens with one attached hydrogen (secondary N) is 1. The molecule has 0 aromatic carbocycles. The van der Waals surface area contributed by atoms with Crippen LogP contribution in [0.15, 0.2) is 12.7 Å². The first kappa shape index (κ1) is 16.5. The molecule has 1 atom stereocenters. The van der Waals surface area contributed by atoms with Gasteiger partial charge in [0.05, 0.1) is 5.75 Å². The summed E-state index contributed by atoms with van der Waals surface area (Å²) in [6.07, 6.45) is 1.10. The van der Waals surface area contributed by atoms with Gasteiger partial charge in [-0.05, 0) is 12.0 Å². The predicted octanol–water partition coefficient (Wildman–Crippen LogP) is -3.07. The normalized spacial score (nSPS) is 12.4. The second-order valence-corrected chi connectivity index (χ2v) is 4.30. The van der Waals surface area contributed by atoms with Crippen molar-refractivity contribution in [1.82, 2.24) is 5.32 Å². The van der Waals surface area contributed by atoms with Crippen molar-refractivity contribution < 1.29 is 48.7 Å². The third-order valence-electron chi connectivity index (χ3n) is 1.31. The third kappa shape index (κ3) is 10.2. The van der Waals surface area contributed by atoms with Gasteiger partial charge in [0.1, 0.15) is 0 Å². The van der Waals surface area contributed by atoms with E-state index in [0.29, 0.717) is 0 Å². The monoisotopic (exact) mass is 231 g/mol. The van der Waals surface area contributed by atoms with Crippen LogP contribution in [0.25, 0.3) is 0 Å². The molecule has 0 saturated heterocycles. The Morgan fingerprint density at radius 3 is 2.57 bits per heavy atom. The quantitative estimate of drug-likeness (QED) is 0.299. The van der Waals surface area contributed by atoms with Gasteiger partial charge in [-0.25, -0.2) is 0 Å². The van der Waals surface area contributed by atoms with Crippen molar-refractivity contribution in [3.8, 4) is 0 Å². The van der Waals surface area contributed by atoms with Gasteiger partial charge in [-0.1, -0.05) is 13.5 Å². The summed E-state index contributed by atoms with van der Waals surface area (Å²) in [5.41, 5.74) is 0. The molecule has 0 aliphatic heterocycles. The molecule has 7 heteroatoms. The molecule has 0 aliphatic rings. The first-order chi connectivity index (χ1) is 5.85. The van der Waals surface area contributed by atoms with Gasteiger partial charge >= 0.3 is 29.6 Å². The number of carbonyl (C=O) groups excluding carboxylic acids is 1. The summed E-state index contributed by atoms with van der Waals surface area (Å²) in [6.45, 7) is 5.04. The van der Waals surface area contributed by atoms with Crippen molar-refractivity contribution in [2.75, 3.05) is 12.3 Å². The van der Waals surface area contributed by atoms with Crippen LogP contribution in [0, 0.1) is 5.92 Å². The van der Waals surface area contributed by atoms with Crippen molar-refractivity contribution in [2.45, 2.75) is 6.92 Å². The smallest absolute Gasteiger partial charge is 1.00 e. The zero-order valence-electron chi connectivity index (χ0n) is 9.36. The van der Waals surface area contributed by atoms with Crippen molar-refractivity contribution >= 4 is 16.0 Å². The number of rotatable bonds is 5. The molecule has 14 heavy (non-hydrogen) atoms. The van der Waals surface area contributed by atoms with Gasteiger partial charge in [-0.2, -0.15) is 8.42 Å². The van der Waals surface area contributed by atoms with Crippen LogP contribution in [0.2, 0.25) is 0 Å². The maximum Gasteiger partial charge on any atom is 1.00 e. The van der Waals surface area contributed by atoms with Crippen LogP contribution in [0.5, 0.6) is 0 Å². The number of carbonyl (C=O) groups is 1. The fourth-order valence-electron chi connectivity index (χ4n) is 0.765. The molecule has 0 aromatic heterocycles. The van der Waals surface area contributed by atoms with E-state index in [1.807, 2.05) is 0 Å². The zero-order chi connectivity index (χ0) is 10.5. The van der Waals surface area contributed by atoms with Crippen molar-refractivity contribution in [3.05, 3.63) is 12.7 Å². The number of hydrogen-bond acceptors (Lipinski definition) is 3. The van der Waals surface area contributed by atoms with Crippen molar-refractivity contribution in [3.63, 3.8) is 0 Å². The van der Waals surface area contributed by atoms with E-state index >= 15 is 0 Å². The van der Waals surface area contributed by atoms with Crippen molar-refractivity contribution in [2.24, 2.45) is 5.92 Å². The maximum absolute atomic E-state index is 10.6. The number of amides is 1. The molecule has 0 saturated carbocycles. The molecular formula is C7H14NNaO4S. The molecule has 78 valence electrons. The Morgan fingerprint density at radius 1 is 1.71 bits per heavy atom. The molecule has 5 nitrogen and oxygen atoms in total. The van der Waals surface area contributed by atoms with Gasteiger partial charge in [-0.15, -0.1) is 0 Å². The minimum atomic E-state index is -3.96. The Bertz CT molecular complexity index is 293. The summed E-state index contributed by atoms with van der Waals surface area (Å²) >= 11 is 0. The standard InChI is InChI=1S/C7H13NO4S.Na.H/c1-3-7(9)8-4-6(2)5-13(10,11)12;;/h3,6H,1,4-5H2,2H3,(H,8,9)(H,10,11,12);;/q;+1;-1. The average Bonchev–Trinajstić information content (AvgIpc) is 1.97. The average molecular weight is 231 g/mol. The first-order valence-corrected chi connectivity index (χ1v) is 5.31. The fourth-order valence-corrected chi connectivity index (χ4v) is 1.60. The molecule has 0 aromatic rings. The maximum atomic E-state index is 10.6. The van der Waals surface area contributed by atoms with Crippen LogP contribution in [0.1, 0.15) is 8.35 Å².